The van der Waals surface area contributed by atoms with Gasteiger partial charge in [0.25, 0.3) is 0 Å². The number of aryl methyl sites for hydroxylation is 2. The van der Waals surface area contributed by atoms with Gasteiger partial charge in [0.2, 0.25) is 5.78 Å². The molecule has 0 N–H and O–H groups in total. The zero-order chi connectivity index (χ0) is 18.0. The second-order valence-corrected chi connectivity index (χ2v) is 7.40. The number of hydrogen-bond donors (Lipinski definition) is 0. The zero-order valence-corrected chi connectivity index (χ0v) is 15.7. The third-order valence-electron chi connectivity index (χ3n) is 3.93. The summed E-state index contributed by atoms with van der Waals surface area (Å²) >= 11 is 2.95. The van der Waals surface area contributed by atoms with Gasteiger partial charge in [0, 0.05) is 21.9 Å². The fourth-order valence-electron chi connectivity index (χ4n) is 2.29. The number of rotatable bonds is 5. The maximum absolute atomic E-state index is 12.5. The van der Waals surface area contributed by atoms with Crippen molar-refractivity contribution in [3.8, 4) is 10.6 Å². The number of nitrogens with zero attached hydrogens (tertiary/aromatic N) is 1. The minimum Gasteiger partial charge on any atom is -0.450 e. The quantitative estimate of drug-likeness (QED) is 0.472. The molecular weight excluding hydrogens is 354 g/mol. The van der Waals surface area contributed by atoms with Crippen LogP contribution < -0.4 is 0 Å². The molecule has 0 amide bonds. The lowest BCUT2D eigenvalue weighted by atomic mass is 10.0. The average molecular weight is 371 g/mol. The van der Waals surface area contributed by atoms with Crippen LogP contribution in [0.25, 0.3) is 10.6 Å². The number of aromatic nitrogens is 1. The first kappa shape index (κ1) is 17.5. The molecule has 4 nitrogen and oxygen atoms in total. The van der Waals surface area contributed by atoms with E-state index in [0.717, 1.165) is 21.7 Å². The lowest BCUT2D eigenvalue weighted by Crippen LogP contribution is -2.24. The molecule has 2 heterocycles. The van der Waals surface area contributed by atoms with Crippen molar-refractivity contribution in [3.05, 3.63) is 62.8 Å². The summed E-state index contributed by atoms with van der Waals surface area (Å²) in [5, 5.41) is 6.35. The number of thiophene rings is 1. The predicted molar refractivity (Wildman–Crippen MR) is 101 cm³/mol. The van der Waals surface area contributed by atoms with Crippen LogP contribution in [0.15, 0.2) is 40.4 Å². The molecule has 0 aliphatic carbocycles. The molecular formula is C19H17NO3S2. The standard InChI is InChI=1S/C19H17NO3S2/c1-11-4-5-14(8-12(11)2)17(21)13(3)23-19(22)16-10-25-18(20-16)15-6-7-24-9-15/h4-10,13H,1-3H3. The summed E-state index contributed by atoms with van der Waals surface area (Å²) in [6, 6.07) is 7.42. The van der Waals surface area contributed by atoms with Gasteiger partial charge in [-0.25, -0.2) is 9.78 Å². The van der Waals surface area contributed by atoms with Crippen LogP contribution in [-0.4, -0.2) is 22.8 Å². The first-order valence-corrected chi connectivity index (χ1v) is 9.58. The summed E-state index contributed by atoms with van der Waals surface area (Å²) in [6.07, 6.45) is -0.860. The fourth-order valence-corrected chi connectivity index (χ4v) is 3.79. The summed E-state index contributed by atoms with van der Waals surface area (Å²) in [6.45, 7) is 5.52. The maximum atomic E-state index is 12.5. The van der Waals surface area contributed by atoms with Crippen molar-refractivity contribution in [1.82, 2.24) is 4.98 Å². The van der Waals surface area contributed by atoms with Gasteiger partial charge in [0.15, 0.2) is 11.8 Å². The molecule has 0 aliphatic rings. The van der Waals surface area contributed by atoms with Gasteiger partial charge in [-0.2, -0.15) is 11.3 Å². The van der Waals surface area contributed by atoms with Gasteiger partial charge in [0.05, 0.1) is 0 Å². The molecule has 2 aromatic heterocycles. The number of esters is 1. The number of carbonyl (C=O) groups excluding carboxylic acids is 2. The second-order valence-electron chi connectivity index (χ2n) is 5.76. The van der Waals surface area contributed by atoms with Gasteiger partial charge >= 0.3 is 5.97 Å². The number of ether oxygens (including phenoxy) is 1. The Kier molecular flexibility index (Phi) is 5.11. The van der Waals surface area contributed by atoms with E-state index in [2.05, 4.69) is 4.98 Å². The van der Waals surface area contributed by atoms with E-state index in [9.17, 15) is 9.59 Å². The molecule has 3 rings (SSSR count). The topological polar surface area (TPSA) is 56.3 Å². The van der Waals surface area contributed by atoms with Crippen molar-refractivity contribution in [2.24, 2.45) is 0 Å². The van der Waals surface area contributed by atoms with E-state index in [4.69, 9.17) is 4.74 Å². The van der Waals surface area contributed by atoms with Gasteiger partial charge in [-0.15, -0.1) is 11.3 Å². The third kappa shape index (κ3) is 3.86. The number of hydrogen-bond acceptors (Lipinski definition) is 6. The van der Waals surface area contributed by atoms with Crippen molar-refractivity contribution in [2.75, 3.05) is 0 Å². The van der Waals surface area contributed by atoms with Gasteiger partial charge in [0.1, 0.15) is 5.01 Å². The second kappa shape index (κ2) is 7.29. The largest absolute Gasteiger partial charge is 0.450 e. The zero-order valence-electron chi connectivity index (χ0n) is 14.1. The Bertz CT molecular complexity index is 913. The molecule has 0 saturated heterocycles. The van der Waals surface area contributed by atoms with Gasteiger partial charge in [-0.3, -0.25) is 4.79 Å². The van der Waals surface area contributed by atoms with Crippen molar-refractivity contribution in [3.63, 3.8) is 0 Å². The van der Waals surface area contributed by atoms with Crippen LogP contribution in [0.1, 0.15) is 38.9 Å². The SMILES string of the molecule is Cc1ccc(C(=O)C(C)OC(=O)c2csc(-c3ccsc3)n2)cc1C. The Morgan fingerprint density at radius 3 is 2.60 bits per heavy atom. The minimum atomic E-state index is -0.860. The number of Topliss-reactive ketones (excluding diaryl/α,β-unsaturated/α-hetero) is 1. The van der Waals surface area contributed by atoms with Gasteiger partial charge in [-0.05, 0) is 49.4 Å². The Labute approximate surface area is 154 Å². The number of thiazole rings is 1. The Hall–Kier alpha value is -2.31. The maximum Gasteiger partial charge on any atom is 0.358 e. The highest BCUT2D eigenvalue weighted by atomic mass is 32.1. The molecule has 25 heavy (non-hydrogen) atoms. The van der Waals surface area contributed by atoms with Crippen LogP contribution in [0.5, 0.6) is 0 Å². The Morgan fingerprint density at radius 1 is 1.12 bits per heavy atom. The summed E-state index contributed by atoms with van der Waals surface area (Å²) in [7, 11) is 0. The monoisotopic (exact) mass is 371 g/mol. The normalized spacial score (nSPS) is 12.0. The highest BCUT2D eigenvalue weighted by Gasteiger charge is 2.22. The Morgan fingerprint density at radius 2 is 1.92 bits per heavy atom. The number of carbonyl (C=O) groups is 2. The third-order valence-corrected chi connectivity index (χ3v) is 5.50. The van der Waals surface area contributed by atoms with Crippen LogP contribution in [0.4, 0.5) is 0 Å². The van der Waals surface area contributed by atoms with Gasteiger partial charge < -0.3 is 4.74 Å². The molecule has 1 atom stereocenters. The lowest BCUT2D eigenvalue weighted by molar-refractivity contribution is 0.0314. The Balaban J connectivity index is 1.69. The summed E-state index contributed by atoms with van der Waals surface area (Å²) in [4.78, 5) is 29.0. The predicted octanol–water partition coefficient (Wildman–Crippen LogP) is 4.92. The van der Waals surface area contributed by atoms with Crippen LogP contribution in [0, 0.1) is 13.8 Å². The van der Waals surface area contributed by atoms with E-state index in [-0.39, 0.29) is 11.5 Å². The van der Waals surface area contributed by atoms with E-state index in [0.29, 0.717) is 5.56 Å². The summed E-state index contributed by atoms with van der Waals surface area (Å²) < 4.78 is 5.31. The molecule has 0 spiro atoms. The van der Waals surface area contributed by atoms with Crippen LogP contribution >= 0.6 is 22.7 Å². The smallest absolute Gasteiger partial charge is 0.358 e. The molecule has 0 bridgehead atoms. The van der Waals surface area contributed by atoms with E-state index >= 15 is 0 Å². The first-order chi connectivity index (χ1) is 12.0. The molecule has 0 fully saturated rings. The fraction of sp³-hybridized carbons (Fsp3) is 0.211. The molecule has 0 saturated carbocycles. The van der Waals surface area contributed by atoms with Crippen molar-refractivity contribution in [1.29, 1.82) is 0 Å². The average Bonchev–Trinajstić information content (AvgIpc) is 3.27. The molecule has 1 unspecified atom stereocenters. The summed E-state index contributed by atoms with van der Waals surface area (Å²) in [5.41, 5.74) is 3.90. The van der Waals surface area contributed by atoms with Crippen LogP contribution in [-0.2, 0) is 4.74 Å². The van der Waals surface area contributed by atoms with E-state index in [1.165, 1.54) is 11.3 Å². The minimum absolute atomic E-state index is 0.218. The van der Waals surface area contributed by atoms with Crippen molar-refractivity contribution in [2.45, 2.75) is 26.9 Å². The highest BCUT2D eigenvalue weighted by molar-refractivity contribution is 7.14. The summed E-state index contributed by atoms with van der Waals surface area (Å²) in [5.74, 6) is -0.799. The van der Waals surface area contributed by atoms with E-state index < -0.39 is 12.1 Å². The van der Waals surface area contributed by atoms with E-state index in [1.807, 2.05) is 42.8 Å². The molecule has 128 valence electrons. The molecule has 1 aromatic carbocycles. The van der Waals surface area contributed by atoms with Crippen molar-refractivity contribution >= 4 is 34.4 Å². The number of ketones is 1. The first-order valence-electron chi connectivity index (χ1n) is 7.76. The van der Waals surface area contributed by atoms with Crippen LogP contribution in [0.2, 0.25) is 0 Å². The molecule has 6 heteroatoms. The lowest BCUT2D eigenvalue weighted by Gasteiger charge is -2.12. The molecule has 3 aromatic rings. The van der Waals surface area contributed by atoms with E-state index in [1.54, 1.807) is 29.7 Å². The van der Waals surface area contributed by atoms with Crippen molar-refractivity contribution < 1.29 is 14.3 Å². The number of benzene rings is 1. The molecule has 0 radical (unpaired) electrons. The van der Waals surface area contributed by atoms with Gasteiger partial charge in [-0.1, -0.05) is 12.1 Å². The van der Waals surface area contributed by atoms with Crippen LogP contribution in [0.3, 0.4) is 0 Å². The highest BCUT2D eigenvalue weighted by Crippen LogP contribution is 2.26. The molecule has 0 aliphatic heterocycles.